The highest BCUT2D eigenvalue weighted by Gasteiger charge is 2.49. The molecule has 0 N–H and O–H groups in total. The lowest BCUT2D eigenvalue weighted by atomic mass is 9.68. The molecule has 98 valence electrons. The summed E-state index contributed by atoms with van der Waals surface area (Å²) in [7, 11) is 0. The third kappa shape index (κ3) is 2.21. The van der Waals surface area contributed by atoms with E-state index in [0.29, 0.717) is 10.9 Å². The van der Waals surface area contributed by atoms with E-state index in [4.69, 9.17) is 16.3 Å². The Kier molecular flexibility index (Phi) is 3.56. The van der Waals surface area contributed by atoms with E-state index in [2.05, 4.69) is 15.9 Å². The quantitative estimate of drug-likeness (QED) is 0.474. The fourth-order valence-electron chi connectivity index (χ4n) is 1.94. The predicted octanol–water partition coefficient (Wildman–Crippen LogP) is 4.14. The van der Waals surface area contributed by atoms with Gasteiger partial charge in [-0.25, -0.2) is 0 Å². The standard InChI is InChI=1S/C12H13BrClNO3/c1-12(2)9(14)6-10(12)18-11-7(13)4-3-5-8(11)15(16)17/h3-5,9-10H,6H2,1-2H3. The van der Waals surface area contributed by atoms with Crippen LogP contribution in [0.2, 0.25) is 0 Å². The van der Waals surface area contributed by atoms with E-state index >= 15 is 0 Å². The Morgan fingerprint density at radius 2 is 2.22 bits per heavy atom. The van der Waals surface area contributed by atoms with Crippen molar-refractivity contribution in [3.63, 3.8) is 0 Å². The van der Waals surface area contributed by atoms with Crippen molar-refractivity contribution in [2.75, 3.05) is 0 Å². The fraction of sp³-hybridized carbons (Fsp3) is 0.500. The SMILES string of the molecule is CC1(C)C(Cl)CC1Oc1c(Br)cccc1[N+](=O)[O-]. The van der Waals surface area contributed by atoms with E-state index < -0.39 is 4.92 Å². The Labute approximate surface area is 119 Å². The molecule has 0 radical (unpaired) electrons. The zero-order chi connectivity index (χ0) is 13.5. The molecule has 0 heterocycles. The van der Waals surface area contributed by atoms with Crippen molar-refractivity contribution in [3.05, 3.63) is 32.8 Å². The van der Waals surface area contributed by atoms with Crippen molar-refractivity contribution in [3.8, 4) is 5.75 Å². The number of hydrogen-bond acceptors (Lipinski definition) is 3. The van der Waals surface area contributed by atoms with Crippen LogP contribution in [0.25, 0.3) is 0 Å². The number of nitro groups is 1. The average molecular weight is 335 g/mol. The van der Waals surface area contributed by atoms with E-state index in [9.17, 15) is 10.1 Å². The van der Waals surface area contributed by atoms with E-state index in [1.54, 1.807) is 12.1 Å². The minimum Gasteiger partial charge on any atom is -0.482 e. The normalized spacial score (nSPS) is 25.3. The second-order valence-corrected chi connectivity index (χ2v) is 6.36. The molecule has 1 aromatic carbocycles. The van der Waals surface area contributed by atoms with Crippen LogP contribution in [0.4, 0.5) is 5.69 Å². The Balaban J connectivity index is 2.27. The van der Waals surface area contributed by atoms with Gasteiger partial charge in [-0.1, -0.05) is 19.9 Å². The molecule has 0 aromatic heterocycles. The first-order valence-electron chi connectivity index (χ1n) is 5.57. The minimum atomic E-state index is -0.441. The molecule has 2 atom stereocenters. The van der Waals surface area contributed by atoms with Gasteiger partial charge in [0.25, 0.3) is 0 Å². The minimum absolute atomic E-state index is 0.0294. The molecule has 1 aliphatic carbocycles. The zero-order valence-electron chi connectivity index (χ0n) is 10.0. The lowest BCUT2D eigenvalue weighted by Gasteiger charge is -2.48. The van der Waals surface area contributed by atoms with Gasteiger partial charge < -0.3 is 4.74 Å². The Hall–Kier alpha value is -0.810. The lowest BCUT2D eigenvalue weighted by molar-refractivity contribution is -0.386. The average Bonchev–Trinajstić information content (AvgIpc) is 2.30. The lowest BCUT2D eigenvalue weighted by Crippen LogP contribution is -2.53. The third-order valence-electron chi connectivity index (χ3n) is 3.46. The first-order valence-corrected chi connectivity index (χ1v) is 6.80. The Morgan fingerprint density at radius 3 is 2.72 bits per heavy atom. The van der Waals surface area contributed by atoms with Gasteiger partial charge in [-0.2, -0.15) is 0 Å². The highest BCUT2D eigenvalue weighted by atomic mass is 79.9. The van der Waals surface area contributed by atoms with Crippen LogP contribution in [-0.4, -0.2) is 16.4 Å². The first-order chi connectivity index (χ1) is 8.34. The molecule has 0 spiro atoms. The molecule has 2 unspecified atom stereocenters. The highest BCUT2D eigenvalue weighted by molar-refractivity contribution is 9.10. The van der Waals surface area contributed by atoms with Crippen molar-refractivity contribution < 1.29 is 9.66 Å². The van der Waals surface area contributed by atoms with E-state index in [0.717, 1.165) is 0 Å². The van der Waals surface area contributed by atoms with Crippen molar-refractivity contribution in [1.29, 1.82) is 0 Å². The molecule has 4 nitrogen and oxygen atoms in total. The predicted molar refractivity (Wildman–Crippen MR) is 73.3 cm³/mol. The molecule has 0 amide bonds. The molecule has 1 fully saturated rings. The largest absolute Gasteiger partial charge is 0.482 e. The molecule has 0 bridgehead atoms. The number of alkyl halides is 1. The van der Waals surface area contributed by atoms with Gasteiger partial charge >= 0.3 is 5.69 Å². The summed E-state index contributed by atoms with van der Waals surface area (Å²) >= 11 is 9.41. The molecule has 1 saturated carbocycles. The van der Waals surface area contributed by atoms with Gasteiger partial charge in [-0.15, -0.1) is 11.6 Å². The van der Waals surface area contributed by atoms with Crippen LogP contribution in [0, 0.1) is 15.5 Å². The first kappa shape index (κ1) is 13.6. The molecule has 1 aromatic rings. The summed E-state index contributed by atoms with van der Waals surface area (Å²) in [6.45, 7) is 4.00. The molecular weight excluding hydrogens is 321 g/mol. The van der Waals surface area contributed by atoms with Crippen molar-refractivity contribution >= 4 is 33.2 Å². The van der Waals surface area contributed by atoms with Gasteiger partial charge in [0.1, 0.15) is 6.10 Å². The number of rotatable bonds is 3. The zero-order valence-corrected chi connectivity index (χ0v) is 12.4. The molecule has 18 heavy (non-hydrogen) atoms. The molecule has 1 aliphatic rings. The number of halogens is 2. The van der Waals surface area contributed by atoms with Gasteiger partial charge in [0.05, 0.1) is 9.40 Å². The van der Waals surface area contributed by atoms with Crippen LogP contribution in [-0.2, 0) is 0 Å². The van der Waals surface area contributed by atoms with Crippen LogP contribution in [0.5, 0.6) is 5.75 Å². The topological polar surface area (TPSA) is 52.4 Å². The van der Waals surface area contributed by atoms with Crippen LogP contribution >= 0.6 is 27.5 Å². The van der Waals surface area contributed by atoms with Crippen LogP contribution in [0.15, 0.2) is 22.7 Å². The smallest absolute Gasteiger partial charge is 0.312 e. The molecule has 6 heteroatoms. The maximum Gasteiger partial charge on any atom is 0.312 e. The summed E-state index contributed by atoms with van der Waals surface area (Å²) < 4.78 is 6.37. The van der Waals surface area contributed by atoms with Crippen LogP contribution in [0.1, 0.15) is 20.3 Å². The van der Waals surface area contributed by atoms with Gasteiger partial charge in [0.2, 0.25) is 5.75 Å². The molecule has 0 aliphatic heterocycles. The summed E-state index contributed by atoms with van der Waals surface area (Å²) in [4.78, 5) is 10.5. The number of hydrogen-bond donors (Lipinski definition) is 0. The number of benzene rings is 1. The molecule has 0 saturated heterocycles. The van der Waals surface area contributed by atoms with Crippen LogP contribution < -0.4 is 4.74 Å². The number of ether oxygens (including phenoxy) is 1. The third-order valence-corrected chi connectivity index (χ3v) is 4.83. The van der Waals surface area contributed by atoms with Crippen molar-refractivity contribution in [1.82, 2.24) is 0 Å². The van der Waals surface area contributed by atoms with Gasteiger partial charge in [-0.3, -0.25) is 10.1 Å². The van der Waals surface area contributed by atoms with E-state index in [1.807, 2.05) is 13.8 Å². The summed E-state index contributed by atoms with van der Waals surface area (Å²) in [6, 6.07) is 4.78. The van der Waals surface area contributed by atoms with E-state index in [-0.39, 0.29) is 28.3 Å². The summed E-state index contributed by atoms with van der Waals surface area (Å²) in [5, 5.41) is 11.0. The van der Waals surface area contributed by atoms with Gasteiger partial charge in [0.15, 0.2) is 0 Å². The van der Waals surface area contributed by atoms with Crippen molar-refractivity contribution in [2.45, 2.75) is 31.7 Å². The summed E-state index contributed by atoms with van der Waals surface area (Å²) in [6.07, 6.45) is 0.602. The van der Waals surface area contributed by atoms with Gasteiger partial charge in [-0.05, 0) is 22.0 Å². The van der Waals surface area contributed by atoms with Crippen molar-refractivity contribution in [2.24, 2.45) is 5.41 Å². The number of para-hydroxylation sites is 1. The molecular formula is C12H13BrClNO3. The second kappa shape index (κ2) is 4.70. The van der Waals surface area contributed by atoms with E-state index in [1.165, 1.54) is 6.07 Å². The maximum absolute atomic E-state index is 11.0. The summed E-state index contributed by atoms with van der Waals surface area (Å²) in [5.41, 5.74) is -0.205. The Bertz CT molecular complexity index is 492. The number of nitro benzene ring substituents is 1. The highest BCUT2D eigenvalue weighted by Crippen LogP contribution is 2.48. The number of nitrogens with zero attached hydrogens (tertiary/aromatic N) is 1. The molecule has 2 rings (SSSR count). The maximum atomic E-state index is 11.0. The summed E-state index contributed by atoms with van der Waals surface area (Å²) in [5.74, 6) is 0.282. The Morgan fingerprint density at radius 1 is 1.56 bits per heavy atom. The van der Waals surface area contributed by atoms with Gasteiger partial charge in [0, 0.05) is 23.3 Å². The fourth-order valence-corrected chi connectivity index (χ4v) is 2.69. The van der Waals surface area contributed by atoms with Crippen LogP contribution in [0.3, 0.4) is 0 Å². The second-order valence-electron chi connectivity index (χ2n) is 4.98. The monoisotopic (exact) mass is 333 g/mol.